The van der Waals surface area contributed by atoms with Crippen molar-refractivity contribution >= 4 is 32.5 Å². The van der Waals surface area contributed by atoms with Crippen LogP contribution in [0.2, 0.25) is 0 Å². The van der Waals surface area contributed by atoms with Crippen LogP contribution in [0.5, 0.6) is 5.75 Å². The Hall–Kier alpha value is -2.41. The fraction of sp³-hybridized carbons (Fsp3) is 0.133. The first-order valence-electron chi connectivity index (χ1n) is 6.52. The number of nitro benzene ring substituents is 1. The van der Waals surface area contributed by atoms with Gasteiger partial charge in [0.2, 0.25) is 0 Å². The highest BCUT2D eigenvalue weighted by molar-refractivity contribution is 9.10. The maximum Gasteiger partial charge on any atom is 0.270 e. The SMILES string of the molecule is COc1ccc(Cn2nc(Br)c3cc([N+](=O)[O-])ccc32)cc1. The van der Waals surface area contributed by atoms with Gasteiger partial charge in [0, 0.05) is 17.5 Å². The first-order valence-corrected chi connectivity index (χ1v) is 7.31. The molecule has 0 N–H and O–H groups in total. The Labute approximate surface area is 134 Å². The summed E-state index contributed by atoms with van der Waals surface area (Å²) in [5.41, 5.74) is 1.96. The number of non-ortho nitro benzene ring substituents is 1. The zero-order chi connectivity index (χ0) is 15.7. The molecule has 7 heteroatoms. The monoisotopic (exact) mass is 361 g/mol. The van der Waals surface area contributed by atoms with E-state index in [1.54, 1.807) is 13.2 Å². The van der Waals surface area contributed by atoms with Crippen LogP contribution in [-0.4, -0.2) is 21.8 Å². The first-order chi connectivity index (χ1) is 10.6. The number of benzene rings is 2. The Morgan fingerprint density at radius 1 is 1.27 bits per heavy atom. The van der Waals surface area contributed by atoms with Crippen LogP contribution in [0.4, 0.5) is 5.69 Å². The predicted molar refractivity (Wildman–Crippen MR) is 86.2 cm³/mol. The molecule has 112 valence electrons. The van der Waals surface area contributed by atoms with Crippen molar-refractivity contribution in [2.45, 2.75) is 6.54 Å². The number of rotatable bonds is 4. The average Bonchev–Trinajstić information content (AvgIpc) is 2.84. The Kier molecular flexibility index (Phi) is 3.81. The van der Waals surface area contributed by atoms with Gasteiger partial charge in [-0.05, 0) is 39.7 Å². The van der Waals surface area contributed by atoms with Crippen molar-refractivity contribution in [3.63, 3.8) is 0 Å². The Balaban J connectivity index is 1.98. The van der Waals surface area contributed by atoms with Gasteiger partial charge in [0.1, 0.15) is 10.4 Å². The van der Waals surface area contributed by atoms with Gasteiger partial charge in [0.25, 0.3) is 5.69 Å². The van der Waals surface area contributed by atoms with Crippen LogP contribution in [0.3, 0.4) is 0 Å². The summed E-state index contributed by atoms with van der Waals surface area (Å²) < 4.78 is 7.54. The van der Waals surface area contributed by atoms with Crippen LogP contribution in [0.1, 0.15) is 5.56 Å². The lowest BCUT2D eigenvalue weighted by Crippen LogP contribution is -2.01. The molecule has 0 amide bonds. The second-order valence-electron chi connectivity index (χ2n) is 4.76. The third kappa shape index (κ3) is 2.67. The zero-order valence-electron chi connectivity index (χ0n) is 11.7. The summed E-state index contributed by atoms with van der Waals surface area (Å²) in [6, 6.07) is 12.4. The van der Waals surface area contributed by atoms with Gasteiger partial charge in [-0.15, -0.1) is 0 Å². The fourth-order valence-electron chi connectivity index (χ4n) is 2.27. The van der Waals surface area contributed by atoms with Crippen LogP contribution in [0.25, 0.3) is 10.9 Å². The molecule has 3 aromatic rings. The lowest BCUT2D eigenvalue weighted by molar-refractivity contribution is -0.384. The van der Waals surface area contributed by atoms with E-state index in [9.17, 15) is 10.1 Å². The van der Waals surface area contributed by atoms with E-state index in [2.05, 4.69) is 21.0 Å². The number of methoxy groups -OCH3 is 1. The molecule has 0 aliphatic heterocycles. The normalized spacial score (nSPS) is 10.8. The van der Waals surface area contributed by atoms with E-state index in [1.807, 2.05) is 28.9 Å². The van der Waals surface area contributed by atoms with E-state index in [0.717, 1.165) is 22.2 Å². The molecule has 0 atom stereocenters. The summed E-state index contributed by atoms with van der Waals surface area (Å²) in [5, 5.41) is 16.0. The molecular formula is C15H12BrN3O3. The highest BCUT2D eigenvalue weighted by Crippen LogP contribution is 2.28. The Bertz CT molecular complexity index is 843. The van der Waals surface area contributed by atoms with E-state index in [4.69, 9.17) is 4.74 Å². The lowest BCUT2D eigenvalue weighted by Gasteiger charge is -2.05. The Morgan fingerprint density at radius 3 is 2.64 bits per heavy atom. The first kappa shape index (κ1) is 14.5. The van der Waals surface area contributed by atoms with E-state index in [1.165, 1.54) is 12.1 Å². The maximum atomic E-state index is 10.9. The van der Waals surface area contributed by atoms with Crippen LogP contribution in [0.15, 0.2) is 47.1 Å². The van der Waals surface area contributed by atoms with Gasteiger partial charge in [-0.2, -0.15) is 5.10 Å². The quantitative estimate of drug-likeness (QED) is 0.523. The minimum Gasteiger partial charge on any atom is -0.497 e. The molecule has 0 unspecified atom stereocenters. The molecule has 0 radical (unpaired) electrons. The summed E-state index contributed by atoms with van der Waals surface area (Å²) in [7, 11) is 1.63. The number of ether oxygens (including phenoxy) is 1. The molecule has 0 saturated carbocycles. The van der Waals surface area contributed by atoms with Gasteiger partial charge in [-0.25, -0.2) is 0 Å². The molecule has 0 aliphatic carbocycles. The van der Waals surface area contributed by atoms with Crippen LogP contribution in [0, 0.1) is 10.1 Å². The summed E-state index contributed by atoms with van der Waals surface area (Å²) >= 11 is 3.36. The highest BCUT2D eigenvalue weighted by Gasteiger charge is 2.13. The van der Waals surface area contributed by atoms with Gasteiger partial charge in [-0.1, -0.05) is 12.1 Å². The standard InChI is InChI=1S/C15H12BrN3O3/c1-22-12-5-2-10(3-6-12)9-18-14-7-4-11(19(20)21)8-13(14)15(16)17-18/h2-8H,9H2,1H3. The predicted octanol–water partition coefficient (Wildman–Crippen LogP) is 3.76. The van der Waals surface area contributed by atoms with Crippen molar-refractivity contribution in [2.75, 3.05) is 7.11 Å². The molecule has 22 heavy (non-hydrogen) atoms. The van der Waals surface area contributed by atoms with Crippen molar-refractivity contribution in [2.24, 2.45) is 0 Å². The fourth-order valence-corrected chi connectivity index (χ4v) is 2.78. The Morgan fingerprint density at radius 2 is 2.00 bits per heavy atom. The molecule has 0 spiro atoms. The molecule has 0 fully saturated rings. The summed E-state index contributed by atoms with van der Waals surface area (Å²) in [4.78, 5) is 10.5. The third-order valence-electron chi connectivity index (χ3n) is 3.39. The number of halogens is 1. The topological polar surface area (TPSA) is 70.2 Å². The van der Waals surface area contributed by atoms with E-state index < -0.39 is 4.92 Å². The molecule has 3 rings (SSSR count). The minimum absolute atomic E-state index is 0.0530. The van der Waals surface area contributed by atoms with E-state index in [-0.39, 0.29) is 5.69 Å². The number of hydrogen-bond donors (Lipinski definition) is 0. The van der Waals surface area contributed by atoms with E-state index in [0.29, 0.717) is 11.1 Å². The minimum atomic E-state index is -0.410. The average molecular weight is 362 g/mol. The second-order valence-corrected chi connectivity index (χ2v) is 5.51. The third-order valence-corrected chi connectivity index (χ3v) is 3.98. The molecule has 0 bridgehead atoms. The summed E-state index contributed by atoms with van der Waals surface area (Å²) in [6.07, 6.45) is 0. The summed E-state index contributed by atoms with van der Waals surface area (Å²) in [6.45, 7) is 0.573. The van der Waals surface area contributed by atoms with E-state index >= 15 is 0 Å². The smallest absolute Gasteiger partial charge is 0.270 e. The van der Waals surface area contributed by atoms with Crippen molar-refractivity contribution in [1.29, 1.82) is 0 Å². The molecular weight excluding hydrogens is 350 g/mol. The molecule has 1 aromatic heterocycles. The zero-order valence-corrected chi connectivity index (χ0v) is 13.3. The number of hydrogen-bond acceptors (Lipinski definition) is 4. The number of nitro groups is 1. The second kappa shape index (κ2) is 5.76. The molecule has 2 aromatic carbocycles. The van der Waals surface area contributed by atoms with Crippen molar-refractivity contribution < 1.29 is 9.66 Å². The van der Waals surface area contributed by atoms with Crippen LogP contribution >= 0.6 is 15.9 Å². The number of nitrogens with zero attached hydrogens (tertiary/aromatic N) is 3. The van der Waals surface area contributed by atoms with Crippen molar-refractivity contribution in [3.05, 3.63) is 62.7 Å². The van der Waals surface area contributed by atoms with Gasteiger partial charge < -0.3 is 4.74 Å². The molecule has 0 saturated heterocycles. The molecule has 6 nitrogen and oxygen atoms in total. The molecule has 1 heterocycles. The lowest BCUT2D eigenvalue weighted by atomic mass is 10.2. The van der Waals surface area contributed by atoms with Crippen LogP contribution in [-0.2, 0) is 6.54 Å². The van der Waals surface area contributed by atoms with Crippen LogP contribution < -0.4 is 4.74 Å². The molecule has 0 aliphatic rings. The summed E-state index contributed by atoms with van der Waals surface area (Å²) in [5.74, 6) is 0.797. The number of aromatic nitrogens is 2. The van der Waals surface area contributed by atoms with Gasteiger partial charge in [-0.3, -0.25) is 14.8 Å². The van der Waals surface area contributed by atoms with Gasteiger partial charge in [0.15, 0.2) is 0 Å². The van der Waals surface area contributed by atoms with Gasteiger partial charge >= 0.3 is 0 Å². The highest BCUT2D eigenvalue weighted by atomic mass is 79.9. The van der Waals surface area contributed by atoms with Crippen molar-refractivity contribution in [3.8, 4) is 5.75 Å². The largest absolute Gasteiger partial charge is 0.497 e. The van der Waals surface area contributed by atoms with Gasteiger partial charge in [0.05, 0.1) is 24.1 Å². The van der Waals surface area contributed by atoms with Crippen molar-refractivity contribution in [1.82, 2.24) is 9.78 Å². The maximum absolute atomic E-state index is 10.9. The number of fused-ring (bicyclic) bond motifs is 1.